The standard InChI is InChI=1S/C18H28N4O2/c1-21(2)18(23)22-11-7-15(8-12-22)20-16-4-3-13-24-17(16)14-5-9-19-10-6-14/h5-6,9-10,15-17,20H,3-4,7-8,11-13H2,1-2H3/t16-,17+/m0/s1. The van der Waals surface area contributed by atoms with Crippen molar-refractivity contribution in [2.24, 2.45) is 0 Å². The Labute approximate surface area is 144 Å². The predicted molar refractivity (Wildman–Crippen MR) is 92.8 cm³/mol. The summed E-state index contributed by atoms with van der Waals surface area (Å²) in [5.74, 6) is 0. The second-order valence-corrected chi connectivity index (χ2v) is 6.93. The van der Waals surface area contributed by atoms with Crippen molar-refractivity contribution in [1.82, 2.24) is 20.1 Å². The molecule has 3 rings (SSSR count). The maximum Gasteiger partial charge on any atom is 0.319 e. The fourth-order valence-corrected chi connectivity index (χ4v) is 3.66. The summed E-state index contributed by atoms with van der Waals surface area (Å²) in [6, 6.07) is 4.99. The molecule has 2 saturated heterocycles. The van der Waals surface area contributed by atoms with E-state index in [2.05, 4.69) is 10.3 Å². The average molecular weight is 332 g/mol. The van der Waals surface area contributed by atoms with E-state index in [1.54, 1.807) is 4.90 Å². The lowest BCUT2D eigenvalue weighted by atomic mass is 9.94. The molecule has 1 N–H and O–H groups in total. The van der Waals surface area contributed by atoms with E-state index < -0.39 is 0 Å². The lowest BCUT2D eigenvalue weighted by Crippen LogP contribution is -2.51. The fourth-order valence-electron chi connectivity index (χ4n) is 3.66. The zero-order valence-electron chi connectivity index (χ0n) is 14.6. The molecular weight excluding hydrogens is 304 g/mol. The van der Waals surface area contributed by atoms with Crippen LogP contribution in [0.2, 0.25) is 0 Å². The minimum atomic E-state index is 0.100. The minimum absolute atomic E-state index is 0.100. The van der Waals surface area contributed by atoms with Gasteiger partial charge in [-0.2, -0.15) is 0 Å². The monoisotopic (exact) mass is 332 g/mol. The highest BCUT2D eigenvalue weighted by atomic mass is 16.5. The molecule has 6 nitrogen and oxygen atoms in total. The van der Waals surface area contributed by atoms with E-state index >= 15 is 0 Å². The number of ether oxygens (including phenoxy) is 1. The Kier molecular flexibility index (Phi) is 5.68. The number of likely N-dealkylation sites (tertiary alicyclic amines) is 1. The summed E-state index contributed by atoms with van der Waals surface area (Å²) in [5, 5.41) is 3.80. The van der Waals surface area contributed by atoms with Crippen molar-refractivity contribution in [1.29, 1.82) is 0 Å². The van der Waals surface area contributed by atoms with Gasteiger partial charge in [0.05, 0.1) is 6.10 Å². The molecule has 0 aliphatic carbocycles. The number of carbonyl (C=O) groups is 1. The Morgan fingerprint density at radius 1 is 1.25 bits per heavy atom. The molecule has 0 radical (unpaired) electrons. The molecule has 0 aromatic carbocycles. The van der Waals surface area contributed by atoms with Crippen LogP contribution in [0.4, 0.5) is 4.79 Å². The van der Waals surface area contributed by atoms with Gasteiger partial charge in [-0.1, -0.05) is 0 Å². The Bertz CT molecular complexity index is 529. The highest BCUT2D eigenvalue weighted by Gasteiger charge is 2.31. The molecule has 2 fully saturated rings. The first-order chi connectivity index (χ1) is 11.6. The largest absolute Gasteiger partial charge is 0.372 e. The number of amides is 2. The maximum absolute atomic E-state index is 12.0. The summed E-state index contributed by atoms with van der Waals surface area (Å²) < 4.78 is 6.05. The summed E-state index contributed by atoms with van der Waals surface area (Å²) in [6.45, 7) is 2.46. The highest BCUT2D eigenvalue weighted by molar-refractivity contribution is 5.73. The number of aromatic nitrogens is 1. The summed E-state index contributed by atoms with van der Waals surface area (Å²) in [5.41, 5.74) is 1.20. The molecule has 132 valence electrons. The van der Waals surface area contributed by atoms with Crippen molar-refractivity contribution < 1.29 is 9.53 Å². The van der Waals surface area contributed by atoms with Gasteiger partial charge in [-0.25, -0.2) is 4.79 Å². The molecule has 0 spiro atoms. The minimum Gasteiger partial charge on any atom is -0.372 e. The molecule has 0 bridgehead atoms. The third-order valence-electron chi connectivity index (χ3n) is 4.95. The number of hydrogen-bond acceptors (Lipinski definition) is 4. The number of piperidine rings is 1. The number of hydrogen-bond donors (Lipinski definition) is 1. The predicted octanol–water partition coefficient (Wildman–Crippen LogP) is 2.04. The summed E-state index contributed by atoms with van der Waals surface area (Å²) in [6.07, 6.45) is 7.98. The van der Waals surface area contributed by atoms with Crippen molar-refractivity contribution >= 4 is 6.03 Å². The summed E-state index contributed by atoms with van der Waals surface area (Å²) >= 11 is 0. The van der Waals surface area contributed by atoms with Gasteiger partial charge < -0.3 is 19.9 Å². The Balaban J connectivity index is 1.56. The van der Waals surface area contributed by atoms with Crippen LogP contribution < -0.4 is 5.32 Å². The molecule has 2 atom stereocenters. The van der Waals surface area contributed by atoms with Gasteiger partial charge in [0.25, 0.3) is 0 Å². The molecule has 3 heterocycles. The molecule has 0 unspecified atom stereocenters. The van der Waals surface area contributed by atoms with Crippen LogP contribution >= 0.6 is 0 Å². The second kappa shape index (κ2) is 7.94. The fraction of sp³-hybridized carbons (Fsp3) is 0.667. The van der Waals surface area contributed by atoms with Crippen LogP contribution in [0.3, 0.4) is 0 Å². The zero-order chi connectivity index (χ0) is 16.9. The van der Waals surface area contributed by atoms with Gasteiger partial charge in [0.1, 0.15) is 0 Å². The molecular formula is C18H28N4O2. The van der Waals surface area contributed by atoms with Crippen LogP contribution in [0, 0.1) is 0 Å². The first-order valence-corrected chi connectivity index (χ1v) is 8.89. The number of carbonyl (C=O) groups excluding carboxylic acids is 1. The number of nitrogens with one attached hydrogen (secondary N) is 1. The third-order valence-corrected chi connectivity index (χ3v) is 4.95. The van der Waals surface area contributed by atoms with Crippen LogP contribution in [0.1, 0.15) is 37.4 Å². The molecule has 1 aromatic rings. The molecule has 24 heavy (non-hydrogen) atoms. The Morgan fingerprint density at radius 3 is 2.62 bits per heavy atom. The van der Waals surface area contributed by atoms with E-state index in [4.69, 9.17) is 4.74 Å². The number of pyridine rings is 1. The van der Waals surface area contributed by atoms with Crippen LogP contribution in [-0.4, -0.2) is 66.7 Å². The van der Waals surface area contributed by atoms with Gasteiger partial charge in [-0.3, -0.25) is 4.98 Å². The second-order valence-electron chi connectivity index (χ2n) is 6.93. The van der Waals surface area contributed by atoms with Gasteiger partial charge in [-0.15, -0.1) is 0 Å². The number of rotatable bonds is 3. The SMILES string of the molecule is CN(C)C(=O)N1CCC(N[C@H]2CCCO[C@@H]2c2ccncc2)CC1. The van der Waals surface area contributed by atoms with Gasteiger partial charge in [0.15, 0.2) is 0 Å². The first-order valence-electron chi connectivity index (χ1n) is 8.89. The van der Waals surface area contributed by atoms with E-state index in [0.717, 1.165) is 45.4 Å². The summed E-state index contributed by atoms with van der Waals surface area (Å²) in [7, 11) is 3.62. The number of urea groups is 1. The van der Waals surface area contributed by atoms with Crippen LogP contribution in [0.5, 0.6) is 0 Å². The van der Waals surface area contributed by atoms with Gasteiger partial charge in [0.2, 0.25) is 0 Å². The van der Waals surface area contributed by atoms with E-state index in [1.807, 2.05) is 43.5 Å². The van der Waals surface area contributed by atoms with Crippen molar-refractivity contribution in [3.8, 4) is 0 Å². The van der Waals surface area contributed by atoms with Crippen molar-refractivity contribution in [2.45, 2.75) is 43.9 Å². The molecule has 2 amide bonds. The van der Waals surface area contributed by atoms with Crippen molar-refractivity contribution in [3.05, 3.63) is 30.1 Å². The maximum atomic E-state index is 12.0. The average Bonchev–Trinajstić information content (AvgIpc) is 2.63. The van der Waals surface area contributed by atoms with Crippen molar-refractivity contribution in [2.75, 3.05) is 33.8 Å². The number of nitrogens with zero attached hydrogens (tertiary/aromatic N) is 3. The lowest BCUT2D eigenvalue weighted by Gasteiger charge is -2.39. The van der Waals surface area contributed by atoms with Gasteiger partial charge in [-0.05, 0) is 43.4 Å². The molecule has 6 heteroatoms. The molecule has 2 aliphatic heterocycles. The quantitative estimate of drug-likeness (QED) is 0.920. The lowest BCUT2D eigenvalue weighted by molar-refractivity contribution is -0.0159. The molecule has 1 aromatic heterocycles. The smallest absolute Gasteiger partial charge is 0.319 e. The van der Waals surface area contributed by atoms with E-state index in [-0.39, 0.29) is 12.1 Å². The van der Waals surface area contributed by atoms with Gasteiger partial charge in [0, 0.05) is 58.3 Å². The van der Waals surface area contributed by atoms with Gasteiger partial charge >= 0.3 is 6.03 Å². The van der Waals surface area contributed by atoms with E-state index in [9.17, 15) is 4.79 Å². The van der Waals surface area contributed by atoms with E-state index in [1.165, 1.54) is 5.56 Å². The highest BCUT2D eigenvalue weighted by Crippen LogP contribution is 2.29. The van der Waals surface area contributed by atoms with Crippen molar-refractivity contribution in [3.63, 3.8) is 0 Å². The first kappa shape index (κ1) is 17.2. The van der Waals surface area contributed by atoms with E-state index in [0.29, 0.717) is 12.1 Å². The molecule has 0 saturated carbocycles. The Morgan fingerprint density at radius 2 is 1.96 bits per heavy atom. The Hall–Kier alpha value is -1.66. The zero-order valence-corrected chi connectivity index (χ0v) is 14.6. The van der Waals surface area contributed by atoms with Crippen LogP contribution in [0.15, 0.2) is 24.5 Å². The molecule has 2 aliphatic rings. The topological polar surface area (TPSA) is 57.7 Å². The van der Waals surface area contributed by atoms with Crippen LogP contribution in [0.25, 0.3) is 0 Å². The normalized spacial score (nSPS) is 25.5. The van der Waals surface area contributed by atoms with Crippen LogP contribution in [-0.2, 0) is 4.74 Å². The summed E-state index contributed by atoms with van der Waals surface area (Å²) in [4.78, 5) is 19.7. The third kappa shape index (κ3) is 4.05.